The number of phenolic OH excluding ortho intramolecular Hbond substituents is 1. The zero-order valence-corrected chi connectivity index (χ0v) is 23.8. The van der Waals surface area contributed by atoms with Gasteiger partial charge in [-0.25, -0.2) is 4.98 Å². The lowest BCUT2D eigenvalue weighted by molar-refractivity contribution is 0.0642. The second-order valence-corrected chi connectivity index (χ2v) is 10.6. The number of methoxy groups -OCH3 is 1. The van der Waals surface area contributed by atoms with Crippen LogP contribution in [0.4, 0.5) is 0 Å². The van der Waals surface area contributed by atoms with Gasteiger partial charge in [0.25, 0.3) is 0 Å². The number of hydrogen-bond donors (Lipinski definition) is 2. The van der Waals surface area contributed by atoms with E-state index in [1.165, 1.54) is 0 Å². The number of phenols is 1. The summed E-state index contributed by atoms with van der Waals surface area (Å²) in [7, 11) is 1.63. The predicted molar refractivity (Wildman–Crippen MR) is 148 cm³/mol. The molecule has 0 spiro atoms. The molecular weight excluding hydrogens is 538 g/mol. The highest BCUT2D eigenvalue weighted by Crippen LogP contribution is 2.40. The highest BCUT2D eigenvalue weighted by Gasteiger charge is 2.32. The van der Waals surface area contributed by atoms with Crippen molar-refractivity contribution >= 4 is 28.6 Å². The maximum absolute atomic E-state index is 13.4. The molecule has 1 saturated carbocycles. The Kier molecular flexibility index (Phi) is 9.72. The van der Waals surface area contributed by atoms with Gasteiger partial charge in [0, 0.05) is 55.0 Å². The number of pyridine rings is 1. The summed E-state index contributed by atoms with van der Waals surface area (Å²) in [6, 6.07) is 7.44. The fourth-order valence-corrected chi connectivity index (χ4v) is 4.31. The van der Waals surface area contributed by atoms with Crippen LogP contribution in [0.15, 0.2) is 24.3 Å². The van der Waals surface area contributed by atoms with Crippen LogP contribution in [-0.2, 0) is 21.4 Å². The number of carbonyl (C=O) groups excluding carboxylic acids is 1. The van der Waals surface area contributed by atoms with Crippen molar-refractivity contribution in [3.63, 3.8) is 0 Å². The lowest BCUT2D eigenvalue weighted by Gasteiger charge is -2.24. The zero-order chi connectivity index (χ0) is 25.9. The molecule has 4 rings (SSSR count). The van der Waals surface area contributed by atoms with E-state index in [1.807, 2.05) is 26.8 Å². The number of ketones is 1. The summed E-state index contributed by atoms with van der Waals surface area (Å²) in [5.74, 6) is 1.02. The van der Waals surface area contributed by atoms with E-state index in [-0.39, 0.29) is 46.2 Å². The number of nitrogens with one attached hydrogen (secondary N) is 1. The van der Waals surface area contributed by atoms with E-state index in [9.17, 15) is 9.90 Å². The van der Waals surface area contributed by atoms with Crippen molar-refractivity contribution in [2.75, 3.05) is 40.1 Å². The monoisotopic (exact) mass is 575 g/mol. The number of benzene rings is 1. The van der Waals surface area contributed by atoms with Crippen LogP contribution in [0.25, 0.3) is 0 Å². The van der Waals surface area contributed by atoms with Crippen LogP contribution in [-0.4, -0.2) is 66.7 Å². The largest absolute Gasteiger partial charge is 0.504 e. The van der Waals surface area contributed by atoms with E-state index in [0.29, 0.717) is 68.0 Å². The number of Topliss-reactive ketones (excluding diaryl/α,β-unsaturated/α-hetero) is 1. The molecule has 8 nitrogen and oxygen atoms in total. The number of hydrogen-bond acceptors (Lipinski definition) is 7. The fraction of sp³-hybridized carbons (Fsp3) is 0.536. The number of amidine groups is 1. The molecule has 1 aliphatic heterocycles. The predicted octanol–water partition coefficient (Wildman–Crippen LogP) is 5.00. The first-order chi connectivity index (χ1) is 17.2. The molecule has 0 unspecified atom stereocenters. The van der Waals surface area contributed by atoms with E-state index in [2.05, 4.69) is 6.07 Å². The smallest absolute Gasteiger partial charge is 0.182 e. The second kappa shape index (κ2) is 12.4. The minimum Gasteiger partial charge on any atom is -0.504 e. The number of aromatic nitrogens is 1. The van der Waals surface area contributed by atoms with Crippen LogP contribution in [0.5, 0.6) is 11.5 Å². The summed E-state index contributed by atoms with van der Waals surface area (Å²) in [6.07, 6.45) is 2.96. The highest BCUT2D eigenvalue weighted by molar-refractivity contribution is 8.93. The van der Waals surface area contributed by atoms with Crippen molar-refractivity contribution < 1.29 is 24.1 Å². The normalized spacial score (nSPS) is 14.9. The minimum absolute atomic E-state index is 0. The quantitative estimate of drug-likeness (QED) is 0.271. The third kappa shape index (κ3) is 7.09. The first-order valence-electron chi connectivity index (χ1n) is 12.6. The Labute approximate surface area is 229 Å². The van der Waals surface area contributed by atoms with E-state index >= 15 is 0 Å². The average Bonchev–Trinajstić information content (AvgIpc) is 3.64. The minimum atomic E-state index is -0.387. The Hall–Kier alpha value is -2.49. The SMILES string of the molecule is Br.COCCOCCCOc1cc(C(=O)CN2Cc3ccc(C4CC4)nc3C2=N)cc(C(C)(C)C)c1O. The van der Waals surface area contributed by atoms with Gasteiger partial charge < -0.3 is 24.2 Å². The Bertz CT molecular complexity index is 1130. The summed E-state index contributed by atoms with van der Waals surface area (Å²) < 4.78 is 16.3. The number of aromatic hydroxyl groups is 1. The maximum Gasteiger partial charge on any atom is 0.182 e. The van der Waals surface area contributed by atoms with Crippen LogP contribution in [0.2, 0.25) is 0 Å². The van der Waals surface area contributed by atoms with E-state index < -0.39 is 0 Å². The average molecular weight is 577 g/mol. The third-order valence-electron chi connectivity index (χ3n) is 6.56. The van der Waals surface area contributed by atoms with E-state index in [1.54, 1.807) is 24.1 Å². The zero-order valence-electron chi connectivity index (χ0n) is 22.1. The molecule has 2 aliphatic rings. The van der Waals surface area contributed by atoms with Gasteiger partial charge >= 0.3 is 0 Å². The lowest BCUT2D eigenvalue weighted by Crippen LogP contribution is -2.30. The number of carbonyl (C=O) groups is 1. The number of nitrogens with zero attached hydrogens (tertiary/aromatic N) is 2. The summed E-state index contributed by atoms with van der Waals surface area (Å²) in [6.45, 7) is 8.44. The molecule has 1 fully saturated rings. The standard InChI is InChI=1S/C28H37N3O5.BrH/c1-28(2,3)21-14-20(15-24(26(21)33)36-11-5-10-35-13-12-34-4)23(32)17-31-16-19-8-9-22(18-6-7-18)30-25(19)27(31)29;/h8-9,14-15,18,29,33H,5-7,10-13,16-17H2,1-4H3;1H. The van der Waals surface area contributed by atoms with Crippen molar-refractivity contribution in [1.29, 1.82) is 5.41 Å². The van der Waals surface area contributed by atoms with Gasteiger partial charge in [0.15, 0.2) is 17.3 Å². The fourth-order valence-electron chi connectivity index (χ4n) is 4.31. The first-order valence-corrected chi connectivity index (χ1v) is 12.6. The number of ether oxygens (including phenoxy) is 3. The van der Waals surface area contributed by atoms with Crippen LogP contribution in [0.3, 0.4) is 0 Å². The molecule has 0 amide bonds. The van der Waals surface area contributed by atoms with Crippen LogP contribution in [0, 0.1) is 5.41 Å². The maximum atomic E-state index is 13.4. The van der Waals surface area contributed by atoms with Crippen molar-refractivity contribution in [3.8, 4) is 11.5 Å². The molecule has 0 bridgehead atoms. The topological polar surface area (TPSA) is 105 Å². The van der Waals surface area contributed by atoms with Gasteiger partial charge in [-0.1, -0.05) is 26.8 Å². The molecule has 0 radical (unpaired) electrons. The van der Waals surface area contributed by atoms with Gasteiger partial charge in [0.05, 0.1) is 26.4 Å². The summed E-state index contributed by atoms with van der Waals surface area (Å²) in [5, 5.41) is 19.5. The molecule has 2 aromatic rings. The Morgan fingerprint density at radius 1 is 1.16 bits per heavy atom. The molecule has 202 valence electrons. The molecule has 1 aromatic carbocycles. The number of halogens is 1. The summed E-state index contributed by atoms with van der Waals surface area (Å²) in [5.41, 5.74) is 3.43. The third-order valence-corrected chi connectivity index (χ3v) is 6.56. The number of rotatable bonds is 12. The van der Waals surface area contributed by atoms with Gasteiger partial charge in [-0.3, -0.25) is 10.2 Å². The van der Waals surface area contributed by atoms with E-state index in [4.69, 9.17) is 24.6 Å². The molecule has 0 atom stereocenters. The van der Waals surface area contributed by atoms with Crippen LogP contribution >= 0.6 is 17.0 Å². The van der Waals surface area contributed by atoms with Gasteiger partial charge in [-0.05, 0) is 36.5 Å². The highest BCUT2D eigenvalue weighted by atomic mass is 79.9. The van der Waals surface area contributed by atoms with Gasteiger partial charge in [-0.2, -0.15) is 0 Å². The van der Waals surface area contributed by atoms with Crippen molar-refractivity contribution in [2.45, 2.75) is 57.9 Å². The van der Waals surface area contributed by atoms with Crippen LogP contribution in [0.1, 0.15) is 78.8 Å². The van der Waals surface area contributed by atoms with Crippen LogP contribution < -0.4 is 4.74 Å². The first kappa shape index (κ1) is 29.1. The van der Waals surface area contributed by atoms with Crippen molar-refractivity contribution in [3.05, 3.63) is 52.3 Å². The van der Waals surface area contributed by atoms with Gasteiger partial charge in [0.2, 0.25) is 0 Å². The molecule has 1 aliphatic carbocycles. The molecule has 37 heavy (non-hydrogen) atoms. The van der Waals surface area contributed by atoms with Crippen molar-refractivity contribution in [2.24, 2.45) is 0 Å². The Morgan fingerprint density at radius 2 is 1.92 bits per heavy atom. The van der Waals surface area contributed by atoms with Gasteiger partial charge in [-0.15, -0.1) is 17.0 Å². The molecule has 2 N–H and O–H groups in total. The van der Waals surface area contributed by atoms with Gasteiger partial charge in [0.1, 0.15) is 11.5 Å². The molecule has 9 heteroatoms. The Balaban J connectivity index is 0.00000380. The lowest BCUT2D eigenvalue weighted by atomic mass is 9.84. The Morgan fingerprint density at radius 3 is 2.59 bits per heavy atom. The van der Waals surface area contributed by atoms with Crippen molar-refractivity contribution in [1.82, 2.24) is 9.88 Å². The molecule has 1 aromatic heterocycles. The summed E-state index contributed by atoms with van der Waals surface area (Å²) in [4.78, 5) is 19.9. The molecule has 2 heterocycles. The second-order valence-electron chi connectivity index (χ2n) is 10.6. The number of fused-ring (bicyclic) bond motifs is 1. The summed E-state index contributed by atoms with van der Waals surface area (Å²) >= 11 is 0. The molecule has 0 saturated heterocycles. The van der Waals surface area contributed by atoms with E-state index in [0.717, 1.165) is 24.1 Å². The molecular formula is C28H38BrN3O5.